The van der Waals surface area contributed by atoms with Gasteiger partial charge >= 0.3 is 5.97 Å². The molecule has 0 fully saturated rings. The lowest BCUT2D eigenvalue weighted by Crippen LogP contribution is -2.24. The Morgan fingerprint density at radius 3 is 2.65 bits per heavy atom. The van der Waals surface area contributed by atoms with Crippen LogP contribution in [-0.2, 0) is 20.9 Å². The molecular formula is C12H16N2O3. The number of anilines is 1. The molecule has 0 radical (unpaired) electrons. The zero-order valence-corrected chi connectivity index (χ0v) is 9.95. The minimum absolute atomic E-state index is 0.120. The number of carbonyl (C=O) groups excluding carboxylic acids is 2. The van der Waals surface area contributed by atoms with Crippen LogP contribution in [0.1, 0.15) is 12.5 Å². The van der Waals surface area contributed by atoms with Gasteiger partial charge in [0.25, 0.3) is 0 Å². The van der Waals surface area contributed by atoms with Crippen LogP contribution in [0.4, 0.5) is 5.69 Å². The second-order valence-corrected chi connectivity index (χ2v) is 3.52. The number of methoxy groups -OCH3 is 1. The van der Waals surface area contributed by atoms with Gasteiger partial charge in [-0.05, 0) is 11.6 Å². The van der Waals surface area contributed by atoms with Crippen LogP contribution >= 0.6 is 0 Å². The molecule has 1 amide bonds. The smallest absolute Gasteiger partial charge is 0.319 e. The van der Waals surface area contributed by atoms with Gasteiger partial charge in [0.1, 0.15) is 0 Å². The van der Waals surface area contributed by atoms with Gasteiger partial charge in [0.2, 0.25) is 5.91 Å². The second kappa shape index (κ2) is 6.65. The number of esters is 1. The van der Waals surface area contributed by atoms with Crippen LogP contribution in [0.15, 0.2) is 24.3 Å². The van der Waals surface area contributed by atoms with E-state index in [2.05, 4.69) is 15.4 Å². The fourth-order valence-electron chi connectivity index (χ4n) is 1.36. The number of benzene rings is 1. The molecule has 0 heterocycles. The molecule has 1 rings (SSSR count). The van der Waals surface area contributed by atoms with Gasteiger partial charge in [0.15, 0.2) is 0 Å². The predicted octanol–water partition coefficient (Wildman–Crippen LogP) is 0.908. The summed E-state index contributed by atoms with van der Waals surface area (Å²) >= 11 is 0. The molecule has 0 aliphatic rings. The number of rotatable bonds is 5. The van der Waals surface area contributed by atoms with Crippen LogP contribution in [0.5, 0.6) is 0 Å². The molecule has 1 aromatic rings. The van der Waals surface area contributed by atoms with Gasteiger partial charge in [-0.2, -0.15) is 0 Å². The molecule has 0 unspecified atom stereocenters. The maximum atomic E-state index is 11.0. The monoisotopic (exact) mass is 236 g/mol. The summed E-state index contributed by atoms with van der Waals surface area (Å²) in [4.78, 5) is 21.9. The van der Waals surface area contributed by atoms with E-state index in [-0.39, 0.29) is 18.4 Å². The van der Waals surface area contributed by atoms with E-state index in [9.17, 15) is 9.59 Å². The highest BCUT2D eigenvalue weighted by atomic mass is 16.5. The van der Waals surface area contributed by atoms with Gasteiger partial charge in [-0.15, -0.1) is 0 Å². The van der Waals surface area contributed by atoms with Gasteiger partial charge in [-0.25, -0.2) is 0 Å². The number of hydrogen-bond donors (Lipinski definition) is 2. The molecule has 0 bridgehead atoms. The highest BCUT2D eigenvalue weighted by molar-refractivity contribution is 5.89. The van der Waals surface area contributed by atoms with Gasteiger partial charge < -0.3 is 15.4 Å². The third-order valence-electron chi connectivity index (χ3n) is 2.14. The Kier molecular flexibility index (Phi) is 5.16. The van der Waals surface area contributed by atoms with E-state index < -0.39 is 0 Å². The number of amides is 1. The molecule has 5 heteroatoms. The summed E-state index contributed by atoms with van der Waals surface area (Å²) in [6, 6.07) is 7.42. The first-order valence-electron chi connectivity index (χ1n) is 5.26. The Labute approximate surface area is 100 Å². The van der Waals surface area contributed by atoms with Gasteiger partial charge in [-0.3, -0.25) is 9.59 Å². The molecule has 0 aliphatic heterocycles. The molecule has 0 saturated heterocycles. The van der Waals surface area contributed by atoms with E-state index in [0.717, 1.165) is 11.3 Å². The average molecular weight is 236 g/mol. The first kappa shape index (κ1) is 13.2. The highest BCUT2D eigenvalue weighted by Gasteiger charge is 2.04. The largest absolute Gasteiger partial charge is 0.468 e. The topological polar surface area (TPSA) is 67.4 Å². The third kappa shape index (κ3) is 4.65. The normalized spacial score (nSPS) is 9.76. The number of nitrogens with one attached hydrogen (secondary N) is 2. The number of ether oxygens (including phenoxy) is 1. The second-order valence-electron chi connectivity index (χ2n) is 3.52. The van der Waals surface area contributed by atoms with E-state index in [4.69, 9.17) is 0 Å². The van der Waals surface area contributed by atoms with E-state index in [0.29, 0.717) is 6.54 Å². The first-order chi connectivity index (χ1) is 8.13. The number of carbonyl (C=O) groups is 2. The lowest BCUT2D eigenvalue weighted by Gasteiger charge is -2.10. The van der Waals surface area contributed by atoms with E-state index in [1.807, 2.05) is 24.3 Å². The van der Waals surface area contributed by atoms with Crippen LogP contribution in [0.3, 0.4) is 0 Å². The molecule has 1 aromatic carbocycles. The summed E-state index contributed by atoms with van der Waals surface area (Å²) in [5.41, 5.74) is 1.67. The summed E-state index contributed by atoms with van der Waals surface area (Å²) in [5.74, 6) is -0.438. The van der Waals surface area contributed by atoms with Crippen molar-refractivity contribution in [1.82, 2.24) is 5.32 Å². The maximum absolute atomic E-state index is 11.0. The fourth-order valence-corrected chi connectivity index (χ4v) is 1.36. The molecule has 92 valence electrons. The molecular weight excluding hydrogens is 220 g/mol. The van der Waals surface area contributed by atoms with Gasteiger partial charge in [0.05, 0.1) is 13.7 Å². The van der Waals surface area contributed by atoms with Crippen LogP contribution in [0.2, 0.25) is 0 Å². The van der Waals surface area contributed by atoms with E-state index in [1.165, 1.54) is 14.0 Å². The zero-order chi connectivity index (χ0) is 12.7. The molecule has 17 heavy (non-hydrogen) atoms. The van der Waals surface area contributed by atoms with Crippen molar-refractivity contribution in [3.05, 3.63) is 29.8 Å². The zero-order valence-electron chi connectivity index (χ0n) is 9.95. The Hall–Kier alpha value is -1.88. The first-order valence-corrected chi connectivity index (χ1v) is 5.26. The fraction of sp³-hybridized carbons (Fsp3) is 0.333. The standard InChI is InChI=1S/C12H16N2O3/c1-9(15)14-11-6-4-3-5-10(11)7-13-8-12(16)17-2/h3-6,13H,7-8H2,1-2H3,(H,14,15). The summed E-state index contributed by atoms with van der Waals surface area (Å²) in [6.45, 7) is 2.09. The van der Waals surface area contributed by atoms with Crippen LogP contribution in [0.25, 0.3) is 0 Å². The van der Waals surface area contributed by atoms with Crippen molar-refractivity contribution in [3.8, 4) is 0 Å². The maximum Gasteiger partial charge on any atom is 0.319 e. The van der Waals surface area contributed by atoms with Crippen molar-refractivity contribution in [1.29, 1.82) is 0 Å². The molecule has 5 nitrogen and oxygen atoms in total. The summed E-state index contributed by atoms with van der Waals surface area (Å²) in [7, 11) is 1.34. The van der Waals surface area contributed by atoms with Crippen molar-refractivity contribution in [2.24, 2.45) is 0 Å². The Balaban J connectivity index is 2.57. The van der Waals surface area contributed by atoms with Crippen molar-refractivity contribution >= 4 is 17.6 Å². The van der Waals surface area contributed by atoms with E-state index >= 15 is 0 Å². The number of hydrogen-bond acceptors (Lipinski definition) is 4. The molecule has 0 aromatic heterocycles. The molecule has 2 N–H and O–H groups in total. The van der Waals surface area contributed by atoms with Crippen molar-refractivity contribution < 1.29 is 14.3 Å². The molecule has 0 aliphatic carbocycles. The van der Waals surface area contributed by atoms with Crippen LogP contribution in [-0.4, -0.2) is 25.5 Å². The summed E-state index contributed by atoms with van der Waals surface area (Å²) in [6.07, 6.45) is 0. The quantitative estimate of drug-likeness (QED) is 0.746. The number of para-hydroxylation sites is 1. The van der Waals surface area contributed by atoms with Gasteiger partial charge in [-0.1, -0.05) is 18.2 Å². The minimum atomic E-state index is -0.318. The molecule has 0 spiro atoms. The summed E-state index contributed by atoms with van der Waals surface area (Å²) in [5, 5.41) is 5.67. The third-order valence-corrected chi connectivity index (χ3v) is 2.14. The lowest BCUT2D eigenvalue weighted by molar-refractivity contribution is -0.139. The highest BCUT2D eigenvalue weighted by Crippen LogP contribution is 2.14. The Morgan fingerprint density at radius 2 is 2.00 bits per heavy atom. The van der Waals surface area contributed by atoms with Crippen molar-refractivity contribution in [2.75, 3.05) is 19.0 Å². The minimum Gasteiger partial charge on any atom is -0.468 e. The molecule has 0 saturated carbocycles. The average Bonchev–Trinajstić information content (AvgIpc) is 2.30. The SMILES string of the molecule is COC(=O)CNCc1ccccc1NC(C)=O. The van der Waals surface area contributed by atoms with Crippen molar-refractivity contribution in [2.45, 2.75) is 13.5 Å². The lowest BCUT2D eigenvalue weighted by atomic mass is 10.1. The Bertz CT molecular complexity index is 404. The predicted molar refractivity (Wildman–Crippen MR) is 64.5 cm³/mol. The van der Waals surface area contributed by atoms with Gasteiger partial charge in [0, 0.05) is 19.2 Å². The van der Waals surface area contributed by atoms with Crippen LogP contribution < -0.4 is 10.6 Å². The van der Waals surface area contributed by atoms with Crippen LogP contribution in [0, 0.1) is 0 Å². The summed E-state index contributed by atoms with van der Waals surface area (Å²) < 4.78 is 4.51. The Morgan fingerprint density at radius 1 is 1.29 bits per heavy atom. The van der Waals surface area contributed by atoms with E-state index in [1.54, 1.807) is 0 Å². The van der Waals surface area contributed by atoms with Crippen molar-refractivity contribution in [3.63, 3.8) is 0 Å². The molecule has 0 atom stereocenters.